The molecule has 2 fully saturated rings. The second-order valence-corrected chi connectivity index (χ2v) is 7.90. The Labute approximate surface area is 165 Å². The Bertz CT molecular complexity index is 770. The van der Waals surface area contributed by atoms with Crippen molar-refractivity contribution in [2.75, 3.05) is 19.6 Å². The molecule has 0 aliphatic carbocycles. The summed E-state index contributed by atoms with van der Waals surface area (Å²) in [6, 6.07) is 10.0. The summed E-state index contributed by atoms with van der Waals surface area (Å²) in [4.78, 5) is 16.3. The number of hydrogen-bond acceptors (Lipinski definition) is 5. The lowest BCUT2D eigenvalue weighted by Gasteiger charge is -2.39. The first-order valence-corrected chi connectivity index (χ1v) is 10.3. The molecule has 0 unspecified atom stereocenters. The normalized spacial score (nSPS) is 22.1. The van der Waals surface area contributed by atoms with Gasteiger partial charge in [-0.1, -0.05) is 31.0 Å². The highest BCUT2D eigenvalue weighted by Crippen LogP contribution is 2.30. The Morgan fingerprint density at radius 1 is 1.04 bits per heavy atom. The lowest BCUT2D eigenvalue weighted by molar-refractivity contribution is 0.1000. The van der Waals surface area contributed by atoms with E-state index in [9.17, 15) is 4.79 Å². The van der Waals surface area contributed by atoms with Gasteiger partial charge >= 0.3 is 6.03 Å². The molecule has 8 nitrogen and oxygen atoms in total. The SMILES string of the molecule is NC(=O)N1CCCCC[C@@H]1C1CCN(Cc2nnnn2-c2ccccc2)CC1. The van der Waals surface area contributed by atoms with Gasteiger partial charge in [-0.15, -0.1) is 5.10 Å². The van der Waals surface area contributed by atoms with Crippen molar-refractivity contribution in [3.63, 3.8) is 0 Å². The summed E-state index contributed by atoms with van der Waals surface area (Å²) in [6.07, 6.45) is 6.71. The Morgan fingerprint density at radius 2 is 1.82 bits per heavy atom. The van der Waals surface area contributed by atoms with Gasteiger partial charge in [0.25, 0.3) is 0 Å². The number of rotatable bonds is 4. The number of tetrazole rings is 1. The topological polar surface area (TPSA) is 93.2 Å². The molecule has 4 rings (SSSR count). The lowest BCUT2D eigenvalue weighted by Crippen LogP contribution is -2.49. The largest absolute Gasteiger partial charge is 0.351 e. The van der Waals surface area contributed by atoms with E-state index < -0.39 is 0 Å². The summed E-state index contributed by atoms with van der Waals surface area (Å²) in [5, 5.41) is 12.3. The van der Waals surface area contributed by atoms with Crippen molar-refractivity contribution < 1.29 is 4.79 Å². The van der Waals surface area contributed by atoms with Gasteiger partial charge in [-0.2, -0.15) is 4.68 Å². The van der Waals surface area contributed by atoms with Gasteiger partial charge in [0.1, 0.15) is 0 Å². The van der Waals surface area contributed by atoms with E-state index in [0.29, 0.717) is 12.0 Å². The molecule has 150 valence electrons. The zero-order chi connectivity index (χ0) is 19.3. The Kier molecular flexibility index (Phi) is 5.85. The van der Waals surface area contributed by atoms with Gasteiger partial charge in [0, 0.05) is 12.6 Å². The molecule has 0 radical (unpaired) electrons. The minimum Gasteiger partial charge on any atom is -0.351 e. The van der Waals surface area contributed by atoms with Crippen LogP contribution in [0.15, 0.2) is 30.3 Å². The molecular weight excluding hydrogens is 354 g/mol. The highest BCUT2D eigenvalue weighted by Gasteiger charge is 2.33. The van der Waals surface area contributed by atoms with Gasteiger partial charge in [-0.3, -0.25) is 4.90 Å². The van der Waals surface area contributed by atoms with Crippen molar-refractivity contribution in [2.45, 2.75) is 51.1 Å². The van der Waals surface area contributed by atoms with Crippen LogP contribution >= 0.6 is 0 Å². The van der Waals surface area contributed by atoms with Crippen molar-refractivity contribution in [2.24, 2.45) is 11.7 Å². The van der Waals surface area contributed by atoms with E-state index in [4.69, 9.17) is 5.73 Å². The summed E-state index contributed by atoms with van der Waals surface area (Å²) in [5.41, 5.74) is 6.65. The smallest absolute Gasteiger partial charge is 0.315 e. The third kappa shape index (κ3) is 4.16. The third-order valence-electron chi connectivity index (χ3n) is 6.16. The third-order valence-corrected chi connectivity index (χ3v) is 6.16. The Hall–Kier alpha value is -2.48. The van der Waals surface area contributed by atoms with Crippen LogP contribution in [0.25, 0.3) is 5.69 Å². The summed E-state index contributed by atoms with van der Waals surface area (Å²) in [7, 11) is 0. The molecule has 8 heteroatoms. The highest BCUT2D eigenvalue weighted by molar-refractivity contribution is 5.72. The molecule has 2 saturated heterocycles. The maximum Gasteiger partial charge on any atom is 0.315 e. The quantitative estimate of drug-likeness (QED) is 0.874. The number of piperidine rings is 1. The molecule has 0 saturated carbocycles. The van der Waals surface area contributed by atoms with Crippen LogP contribution in [-0.2, 0) is 6.54 Å². The Morgan fingerprint density at radius 3 is 2.57 bits per heavy atom. The van der Waals surface area contributed by atoms with E-state index in [1.165, 1.54) is 12.8 Å². The van der Waals surface area contributed by atoms with Gasteiger partial charge in [0.2, 0.25) is 0 Å². The van der Waals surface area contributed by atoms with Crippen molar-refractivity contribution in [3.05, 3.63) is 36.2 Å². The molecule has 2 N–H and O–H groups in total. The summed E-state index contributed by atoms with van der Waals surface area (Å²) >= 11 is 0. The molecule has 2 aliphatic heterocycles. The first-order chi connectivity index (χ1) is 13.7. The van der Waals surface area contributed by atoms with E-state index in [0.717, 1.165) is 63.4 Å². The second-order valence-electron chi connectivity index (χ2n) is 7.90. The minimum atomic E-state index is -0.253. The monoisotopic (exact) mass is 383 g/mol. The fourth-order valence-electron chi connectivity index (χ4n) is 4.67. The minimum absolute atomic E-state index is 0.253. The number of hydrogen-bond donors (Lipinski definition) is 1. The molecule has 1 atom stereocenters. The number of carbonyl (C=O) groups is 1. The van der Waals surface area contributed by atoms with Crippen molar-refractivity contribution in [1.29, 1.82) is 0 Å². The van der Waals surface area contributed by atoms with Crippen LogP contribution in [0.1, 0.15) is 44.3 Å². The molecule has 1 aromatic heterocycles. The number of nitrogens with zero attached hydrogens (tertiary/aromatic N) is 6. The van der Waals surface area contributed by atoms with Crippen molar-refractivity contribution in [1.82, 2.24) is 30.0 Å². The number of nitrogens with two attached hydrogens (primary N) is 1. The van der Waals surface area contributed by atoms with E-state index in [1.807, 2.05) is 39.9 Å². The molecule has 1 aromatic carbocycles. The van der Waals surface area contributed by atoms with Crippen LogP contribution < -0.4 is 5.73 Å². The molecule has 28 heavy (non-hydrogen) atoms. The molecule has 3 heterocycles. The first-order valence-electron chi connectivity index (χ1n) is 10.3. The molecular formula is C20H29N7O. The number of benzene rings is 1. The zero-order valence-electron chi connectivity index (χ0n) is 16.3. The number of likely N-dealkylation sites (tertiary alicyclic amines) is 2. The predicted molar refractivity (Wildman–Crippen MR) is 106 cm³/mol. The average molecular weight is 384 g/mol. The fourth-order valence-corrected chi connectivity index (χ4v) is 4.67. The number of primary amides is 1. The predicted octanol–water partition coefficient (Wildman–Crippen LogP) is 2.20. The maximum absolute atomic E-state index is 11.9. The van der Waals surface area contributed by atoms with Gasteiger partial charge < -0.3 is 10.6 Å². The molecule has 0 bridgehead atoms. The maximum atomic E-state index is 11.9. The number of urea groups is 1. The first kappa shape index (κ1) is 18.9. The fraction of sp³-hybridized carbons (Fsp3) is 0.600. The van der Waals surface area contributed by atoms with Crippen LogP contribution in [0, 0.1) is 5.92 Å². The molecule has 0 spiro atoms. The van der Waals surface area contributed by atoms with Crippen LogP contribution in [0.5, 0.6) is 0 Å². The average Bonchev–Trinajstić information content (AvgIpc) is 3.03. The summed E-state index contributed by atoms with van der Waals surface area (Å²) < 4.78 is 1.81. The van der Waals surface area contributed by atoms with Crippen LogP contribution in [0.2, 0.25) is 0 Å². The van der Waals surface area contributed by atoms with Crippen molar-refractivity contribution in [3.8, 4) is 5.69 Å². The summed E-state index contributed by atoms with van der Waals surface area (Å²) in [6.45, 7) is 3.54. The highest BCUT2D eigenvalue weighted by atomic mass is 16.2. The van der Waals surface area contributed by atoms with E-state index in [1.54, 1.807) is 0 Å². The van der Waals surface area contributed by atoms with E-state index in [-0.39, 0.29) is 6.03 Å². The van der Waals surface area contributed by atoms with Gasteiger partial charge in [-0.05, 0) is 67.3 Å². The van der Waals surface area contributed by atoms with Gasteiger partial charge in [-0.25, -0.2) is 4.79 Å². The van der Waals surface area contributed by atoms with Gasteiger partial charge in [0.05, 0.1) is 12.2 Å². The summed E-state index contributed by atoms with van der Waals surface area (Å²) in [5.74, 6) is 1.39. The standard InChI is InChI=1S/C20H29N7O/c21-20(28)26-12-6-2-5-9-18(26)16-10-13-25(14-11-16)15-19-22-23-24-27(19)17-7-3-1-4-8-17/h1,3-4,7-8,16,18H,2,5-6,9-15H2,(H2,21,28)/t18-/m1/s1. The van der Waals surface area contributed by atoms with Crippen LogP contribution in [-0.4, -0.2) is 61.7 Å². The molecule has 2 aliphatic rings. The number of para-hydroxylation sites is 1. The number of carbonyl (C=O) groups excluding carboxylic acids is 1. The Balaban J connectivity index is 1.37. The van der Waals surface area contributed by atoms with Crippen molar-refractivity contribution >= 4 is 6.03 Å². The molecule has 2 amide bonds. The van der Waals surface area contributed by atoms with Crippen LogP contribution in [0.4, 0.5) is 4.79 Å². The van der Waals surface area contributed by atoms with E-state index >= 15 is 0 Å². The van der Waals surface area contributed by atoms with Crippen LogP contribution in [0.3, 0.4) is 0 Å². The second kappa shape index (κ2) is 8.68. The number of amides is 2. The lowest BCUT2D eigenvalue weighted by atomic mass is 9.86. The molecule has 2 aromatic rings. The van der Waals surface area contributed by atoms with Gasteiger partial charge in [0.15, 0.2) is 5.82 Å². The zero-order valence-corrected chi connectivity index (χ0v) is 16.3. The number of aromatic nitrogens is 4. The van der Waals surface area contributed by atoms with E-state index in [2.05, 4.69) is 20.4 Å².